The summed E-state index contributed by atoms with van der Waals surface area (Å²) in [6.45, 7) is 2.36. The minimum atomic E-state index is 0.621. The van der Waals surface area contributed by atoms with Crippen LogP contribution >= 0.6 is 0 Å². The van der Waals surface area contributed by atoms with Gasteiger partial charge >= 0.3 is 0 Å². The molecular weight excluding hydrogens is 214 g/mol. The number of benzene rings is 1. The number of unbranched alkanes of at least 4 members (excludes halogenated alkanes) is 1. The lowest BCUT2D eigenvalue weighted by Crippen LogP contribution is -2.22. The zero-order valence-corrected chi connectivity index (χ0v) is 10.2. The van der Waals surface area contributed by atoms with E-state index < -0.39 is 0 Å². The maximum Gasteiger partial charge on any atom is 0.161 e. The number of methoxy groups -OCH3 is 1. The molecule has 0 aliphatic carbocycles. The van der Waals surface area contributed by atoms with E-state index in [2.05, 4.69) is 11.2 Å². The molecule has 1 aromatic carbocycles. The van der Waals surface area contributed by atoms with Gasteiger partial charge in [-0.2, -0.15) is 0 Å². The first-order chi connectivity index (χ1) is 8.38. The molecule has 1 N–H and O–H groups in total. The van der Waals surface area contributed by atoms with Crippen LogP contribution in [-0.4, -0.2) is 26.8 Å². The van der Waals surface area contributed by atoms with Crippen LogP contribution in [0.4, 0.5) is 0 Å². The van der Waals surface area contributed by atoms with Gasteiger partial charge in [0.2, 0.25) is 0 Å². The van der Waals surface area contributed by atoms with Crippen molar-refractivity contribution < 1.29 is 9.47 Å². The maximum atomic E-state index is 5.61. The van der Waals surface area contributed by atoms with E-state index in [1.807, 2.05) is 24.3 Å². The van der Waals surface area contributed by atoms with E-state index in [1.165, 1.54) is 0 Å². The van der Waals surface area contributed by atoms with Crippen LogP contribution in [0.25, 0.3) is 0 Å². The molecule has 3 nitrogen and oxygen atoms in total. The van der Waals surface area contributed by atoms with E-state index in [0.717, 1.165) is 37.4 Å². The van der Waals surface area contributed by atoms with Crippen LogP contribution in [0, 0.1) is 12.3 Å². The predicted molar refractivity (Wildman–Crippen MR) is 69.4 cm³/mol. The second kappa shape index (κ2) is 8.49. The van der Waals surface area contributed by atoms with E-state index in [0.29, 0.717) is 6.61 Å². The highest BCUT2D eigenvalue weighted by Gasteiger charge is 2.01. The zero-order valence-electron chi connectivity index (χ0n) is 10.2. The quantitative estimate of drug-likeness (QED) is 0.551. The number of para-hydroxylation sites is 2. The third-order valence-electron chi connectivity index (χ3n) is 2.28. The Kier molecular flexibility index (Phi) is 6.69. The fourth-order valence-corrected chi connectivity index (χ4v) is 1.41. The van der Waals surface area contributed by atoms with Gasteiger partial charge in [0.05, 0.1) is 7.11 Å². The summed E-state index contributed by atoms with van der Waals surface area (Å²) in [6.07, 6.45) is 6.99. The summed E-state index contributed by atoms with van der Waals surface area (Å²) in [6, 6.07) is 7.63. The molecule has 0 radical (unpaired) electrons. The van der Waals surface area contributed by atoms with E-state index in [-0.39, 0.29) is 0 Å². The fourth-order valence-electron chi connectivity index (χ4n) is 1.41. The Morgan fingerprint density at radius 3 is 2.71 bits per heavy atom. The molecule has 1 aromatic rings. The number of hydrogen-bond acceptors (Lipinski definition) is 3. The summed E-state index contributed by atoms with van der Waals surface area (Å²) in [5.41, 5.74) is 0. The molecular formula is C14H19NO2. The lowest BCUT2D eigenvalue weighted by atomic mass is 10.3. The maximum absolute atomic E-state index is 5.61. The van der Waals surface area contributed by atoms with Gasteiger partial charge in [-0.15, -0.1) is 12.3 Å². The minimum Gasteiger partial charge on any atom is -0.493 e. The van der Waals surface area contributed by atoms with Crippen LogP contribution in [0.15, 0.2) is 24.3 Å². The van der Waals surface area contributed by atoms with Crippen molar-refractivity contribution in [2.24, 2.45) is 0 Å². The monoisotopic (exact) mass is 233 g/mol. The van der Waals surface area contributed by atoms with Crippen molar-refractivity contribution >= 4 is 0 Å². The summed E-state index contributed by atoms with van der Waals surface area (Å²) >= 11 is 0. The standard InChI is InChI=1S/C14H19NO2/c1-3-4-7-10-15-11-12-17-14-9-6-5-8-13(14)16-2/h1,5-6,8-9,15H,4,7,10-12H2,2H3. The van der Waals surface area contributed by atoms with E-state index in [9.17, 15) is 0 Å². The normalized spacial score (nSPS) is 9.65. The number of ether oxygens (including phenoxy) is 2. The van der Waals surface area contributed by atoms with E-state index in [4.69, 9.17) is 15.9 Å². The molecule has 0 saturated carbocycles. The molecule has 1 rings (SSSR count). The molecule has 0 aromatic heterocycles. The Morgan fingerprint density at radius 2 is 2.00 bits per heavy atom. The molecule has 0 bridgehead atoms. The first-order valence-electron chi connectivity index (χ1n) is 5.78. The highest BCUT2D eigenvalue weighted by atomic mass is 16.5. The van der Waals surface area contributed by atoms with Gasteiger partial charge < -0.3 is 14.8 Å². The van der Waals surface area contributed by atoms with Crippen LogP contribution in [0.5, 0.6) is 11.5 Å². The third-order valence-corrected chi connectivity index (χ3v) is 2.28. The third kappa shape index (κ3) is 5.28. The topological polar surface area (TPSA) is 30.5 Å². The molecule has 0 atom stereocenters. The molecule has 0 aliphatic rings. The molecule has 17 heavy (non-hydrogen) atoms. The molecule has 3 heteroatoms. The molecule has 92 valence electrons. The molecule has 0 saturated heterocycles. The van der Waals surface area contributed by atoms with E-state index in [1.54, 1.807) is 7.11 Å². The largest absolute Gasteiger partial charge is 0.493 e. The van der Waals surface area contributed by atoms with Gasteiger partial charge in [0.25, 0.3) is 0 Å². The summed E-state index contributed by atoms with van der Waals surface area (Å²) in [5, 5.41) is 3.27. The zero-order chi connectivity index (χ0) is 12.3. The second-order valence-electron chi connectivity index (χ2n) is 3.56. The summed E-state index contributed by atoms with van der Waals surface area (Å²) in [4.78, 5) is 0. The smallest absolute Gasteiger partial charge is 0.161 e. The Balaban J connectivity index is 2.16. The van der Waals surface area contributed by atoms with Crippen LogP contribution in [-0.2, 0) is 0 Å². The van der Waals surface area contributed by atoms with Crippen molar-refractivity contribution in [3.05, 3.63) is 24.3 Å². The molecule has 0 fully saturated rings. The Hall–Kier alpha value is -1.66. The SMILES string of the molecule is C#CCCCNCCOc1ccccc1OC. The lowest BCUT2D eigenvalue weighted by Gasteiger charge is -2.10. The van der Waals surface area contributed by atoms with Crippen molar-refractivity contribution in [1.82, 2.24) is 5.32 Å². The second-order valence-corrected chi connectivity index (χ2v) is 3.56. The number of rotatable bonds is 8. The fraction of sp³-hybridized carbons (Fsp3) is 0.429. The van der Waals surface area contributed by atoms with Crippen LogP contribution in [0.2, 0.25) is 0 Å². The predicted octanol–water partition coefficient (Wildman–Crippen LogP) is 2.08. The van der Waals surface area contributed by atoms with Crippen LogP contribution in [0.3, 0.4) is 0 Å². The van der Waals surface area contributed by atoms with Gasteiger partial charge in [0.15, 0.2) is 11.5 Å². The highest BCUT2D eigenvalue weighted by molar-refractivity contribution is 5.39. The van der Waals surface area contributed by atoms with Gasteiger partial charge in [-0.25, -0.2) is 0 Å². The lowest BCUT2D eigenvalue weighted by molar-refractivity contribution is 0.292. The molecule has 0 spiro atoms. The number of hydrogen-bond donors (Lipinski definition) is 1. The average molecular weight is 233 g/mol. The molecule has 0 unspecified atom stereocenters. The Bertz CT molecular complexity index is 357. The minimum absolute atomic E-state index is 0.621. The van der Waals surface area contributed by atoms with Crippen LogP contribution < -0.4 is 14.8 Å². The molecule has 0 aliphatic heterocycles. The molecule has 0 amide bonds. The summed E-state index contributed by atoms with van der Waals surface area (Å²) in [5.74, 6) is 4.15. The molecule has 0 heterocycles. The van der Waals surface area contributed by atoms with Gasteiger partial charge in [-0.3, -0.25) is 0 Å². The van der Waals surface area contributed by atoms with Gasteiger partial charge in [0.1, 0.15) is 6.61 Å². The summed E-state index contributed by atoms with van der Waals surface area (Å²) < 4.78 is 10.8. The van der Waals surface area contributed by atoms with Crippen molar-refractivity contribution in [2.45, 2.75) is 12.8 Å². The van der Waals surface area contributed by atoms with E-state index >= 15 is 0 Å². The summed E-state index contributed by atoms with van der Waals surface area (Å²) in [7, 11) is 1.64. The van der Waals surface area contributed by atoms with Gasteiger partial charge in [-0.1, -0.05) is 12.1 Å². The first kappa shape index (κ1) is 13.4. The Labute approximate surface area is 103 Å². The number of terminal acetylenes is 1. The van der Waals surface area contributed by atoms with Crippen molar-refractivity contribution in [2.75, 3.05) is 26.8 Å². The van der Waals surface area contributed by atoms with Crippen molar-refractivity contribution in [3.8, 4) is 23.8 Å². The Morgan fingerprint density at radius 1 is 1.24 bits per heavy atom. The highest BCUT2D eigenvalue weighted by Crippen LogP contribution is 2.25. The average Bonchev–Trinajstić information content (AvgIpc) is 2.38. The van der Waals surface area contributed by atoms with Crippen molar-refractivity contribution in [3.63, 3.8) is 0 Å². The van der Waals surface area contributed by atoms with Crippen LogP contribution in [0.1, 0.15) is 12.8 Å². The van der Waals surface area contributed by atoms with Crippen molar-refractivity contribution in [1.29, 1.82) is 0 Å². The number of nitrogens with one attached hydrogen (secondary N) is 1. The van der Waals surface area contributed by atoms with Gasteiger partial charge in [-0.05, 0) is 25.1 Å². The van der Waals surface area contributed by atoms with Gasteiger partial charge in [0, 0.05) is 13.0 Å². The first-order valence-corrected chi connectivity index (χ1v) is 5.78.